The van der Waals surface area contributed by atoms with Crippen LogP contribution in [-0.4, -0.2) is 27.8 Å². The monoisotopic (exact) mass is 384 g/mol. The fourth-order valence-corrected chi connectivity index (χ4v) is 3.83. The molecule has 2 aromatic carbocycles. The first kappa shape index (κ1) is 18.5. The van der Waals surface area contributed by atoms with Crippen molar-refractivity contribution in [1.29, 1.82) is 5.26 Å². The molecule has 2 N–H and O–H groups in total. The van der Waals surface area contributed by atoms with Crippen molar-refractivity contribution in [3.63, 3.8) is 0 Å². The van der Waals surface area contributed by atoms with E-state index in [0.29, 0.717) is 18.7 Å². The average molecular weight is 384 g/mol. The molecule has 0 saturated heterocycles. The first-order chi connectivity index (χ1) is 14.1. The van der Waals surface area contributed by atoms with Gasteiger partial charge in [0, 0.05) is 35.8 Å². The van der Waals surface area contributed by atoms with E-state index in [1.54, 1.807) is 21.7 Å². The largest absolute Gasteiger partial charge is 0.368 e. The van der Waals surface area contributed by atoms with Crippen LogP contribution in [0.1, 0.15) is 16.7 Å². The van der Waals surface area contributed by atoms with Gasteiger partial charge in [0.1, 0.15) is 18.2 Å². The van der Waals surface area contributed by atoms with Crippen LogP contribution >= 0.6 is 0 Å². The van der Waals surface area contributed by atoms with Gasteiger partial charge < -0.3 is 15.2 Å². The molecule has 2 amide bonds. The van der Waals surface area contributed by atoms with E-state index in [9.17, 15) is 14.9 Å². The zero-order valence-corrected chi connectivity index (χ0v) is 15.8. The fourth-order valence-electron chi connectivity index (χ4n) is 3.83. The molecule has 3 aromatic rings. The van der Waals surface area contributed by atoms with Gasteiger partial charge in [-0.05, 0) is 29.7 Å². The predicted molar refractivity (Wildman–Crippen MR) is 110 cm³/mol. The Balaban J connectivity index is 1.67. The molecule has 0 aliphatic carbocycles. The number of nitrogens with two attached hydrogens (primary N) is 1. The minimum atomic E-state index is -0.454. The zero-order valence-electron chi connectivity index (χ0n) is 15.8. The number of hydrogen-bond acceptors (Lipinski definition) is 3. The number of carbonyl (C=O) groups excluding carboxylic acids is 2. The molecule has 0 unspecified atom stereocenters. The fraction of sp³-hybridized carbons (Fsp3) is 0.174. The first-order valence-corrected chi connectivity index (χ1v) is 9.41. The molecule has 0 radical (unpaired) electrons. The molecule has 1 aliphatic rings. The number of primary amides is 1. The SMILES string of the molecule is N#CC(=Cc1cn(CC(N)=O)c2ccccc12)C(=O)N1CCc2ccccc2C1. The van der Waals surface area contributed by atoms with Crippen LogP contribution in [0.3, 0.4) is 0 Å². The Morgan fingerprint density at radius 1 is 1.10 bits per heavy atom. The van der Waals surface area contributed by atoms with Crippen LogP contribution < -0.4 is 5.73 Å². The van der Waals surface area contributed by atoms with E-state index in [2.05, 4.69) is 12.1 Å². The topological polar surface area (TPSA) is 92.1 Å². The molecule has 1 aliphatic heterocycles. The summed E-state index contributed by atoms with van der Waals surface area (Å²) in [5, 5.41) is 10.5. The summed E-state index contributed by atoms with van der Waals surface area (Å²) in [7, 11) is 0. The number of hydrogen-bond donors (Lipinski definition) is 1. The second kappa shape index (κ2) is 7.64. The second-order valence-electron chi connectivity index (χ2n) is 7.11. The molecule has 2 heterocycles. The zero-order chi connectivity index (χ0) is 20.4. The van der Waals surface area contributed by atoms with Crippen molar-refractivity contribution in [1.82, 2.24) is 9.47 Å². The minimum absolute atomic E-state index is 0.0348. The van der Waals surface area contributed by atoms with Gasteiger partial charge in [-0.15, -0.1) is 0 Å². The van der Waals surface area contributed by atoms with Crippen LogP contribution in [0.25, 0.3) is 17.0 Å². The summed E-state index contributed by atoms with van der Waals surface area (Å²) in [5.41, 5.74) is 9.32. The molecular formula is C23H20N4O2. The summed E-state index contributed by atoms with van der Waals surface area (Å²) in [6.07, 6.45) is 4.13. The highest BCUT2D eigenvalue weighted by Crippen LogP contribution is 2.25. The second-order valence-corrected chi connectivity index (χ2v) is 7.11. The summed E-state index contributed by atoms with van der Waals surface area (Å²) in [5.74, 6) is -0.737. The van der Waals surface area contributed by atoms with Gasteiger partial charge in [-0.2, -0.15) is 5.26 Å². The van der Waals surface area contributed by atoms with Crippen molar-refractivity contribution < 1.29 is 9.59 Å². The molecule has 1 aromatic heterocycles. The number of benzene rings is 2. The number of aromatic nitrogens is 1. The van der Waals surface area contributed by atoms with Crippen molar-refractivity contribution >= 4 is 28.8 Å². The van der Waals surface area contributed by atoms with E-state index < -0.39 is 5.91 Å². The van der Waals surface area contributed by atoms with E-state index in [0.717, 1.165) is 22.9 Å². The lowest BCUT2D eigenvalue weighted by atomic mass is 9.99. The number of nitrogens with zero attached hydrogens (tertiary/aromatic N) is 3. The maximum Gasteiger partial charge on any atom is 0.264 e. The van der Waals surface area contributed by atoms with Gasteiger partial charge in [0.05, 0.1) is 0 Å². The molecular weight excluding hydrogens is 364 g/mol. The third kappa shape index (κ3) is 3.63. The van der Waals surface area contributed by atoms with Crippen LogP contribution in [-0.2, 0) is 29.1 Å². The summed E-state index contributed by atoms with van der Waals surface area (Å²) >= 11 is 0. The molecule has 0 spiro atoms. The summed E-state index contributed by atoms with van der Waals surface area (Å²) < 4.78 is 1.74. The number of amides is 2. The molecule has 0 atom stereocenters. The maximum absolute atomic E-state index is 13.0. The summed E-state index contributed by atoms with van der Waals surface area (Å²) in [4.78, 5) is 26.1. The molecule has 0 fully saturated rings. The van der Waals surface area contributed by atoms with E-state index in [4.69, 9.17) is 5.73 Å². The highest BCUT2D eigenvalue weighted by atomic mass is 16.2. The molecule has 29 heavy (non-hydrogen) atoms. The van der Waals surface area contributed by atoms with Crippen LogP contribution in [0.5, 0.6) is 0 Å². The van der Waals surface area contributed by atoms with Crippen LogP contribution in [0.15, 0.2) is 60.3 Å². The lowest BCUT2D eigenvalue weighted by Gasteiger charge is -2.28. The lowest BCUT2D eigenvalue weighted by Crippen LogP contribution is -2.36. The molecule has 4 rings (SSSR count). The Labute approximate surface area is 168 Å². The van der Waals surface area contributed by atoms with Crippen LogP contribution in [0.4, 0.5) is 0 Å². The highest BCUT2D eigenvalue weighted by Gasteiger charge is 2.23. The van der Waals surface area contributed by atoms with Gasteiger partial charge in [-0.1, -0.05) is 42.5 Å². The lowest BCUT2D eigenvalue weighted by molar-refractivity contribution is -0.127. The summed E-state index contributed by atoms with van der Waals surface area (Å²) in [6, 6.07) is 17.6. The van der Waals surface area contributed by atoms with Crippen molar-refractivity contribution in [3.05, 3.63) is 77.0 Å². The summed E-state index contributed by atoms with van der Waals surface area (Å²) in [6.45, 7) is 1.11. The van der Waals surface area contributed by atoms with Crippen LogP contribution in [0, 0.1) is 11.3 Å². The van der Waals surface area contributed by atoms with Gasteiger partial charge in [0.15, 0.2) is 0 Å². The van der Waals surface area contributed by atoms with E-state index >= 15 is 0 Å². The highest BCUT2D eigenvalue weighted by molar-refractivity contribution is 6.04. The Bertz CT molecular complexity index is 1180. The van der Waals surface area contributed by atoms with Gasteiger partial charge in [0.2, 0.25) is 5.91 Å². The molecule has 6 heteroatoms. The predicted octanol–water partition coefficient (Wildman–Crippen LogP) is 2.62. The van der Waals surface area contributed by atoms with Gasteiger partial charge in [0.25, 0.3) is 5.91 Å². The normalized spacial score (nSPS) is 13.8. The Morgan fingerprint density at radius 3 is 2.59 bits per heavy atom. The van der Waals surface area contributed by atoms with Crippen molar-refractivity contribution in [3.8, 4) is 6.07 Å². The minimum Gasteiger partial charge on any atom is -0.368 e. The molecule has 0 saturated carbocycles. The maximum atomic E-state index is 13.0. The Kier molecular flexibility index (Phi) is 4.88. The van der Waals surface area contributed by atoms with E-state index in [1.807, 2.05) is 42.5 Å². The number of fused-ring (bicyclic) bond motifs is 2. The molecule has 0 bridgehead atoms. The number of rotatable bonds is 4. The molecule has 6 nitrogen and oxygen atoms in total. The van der Waals surface area contributed by atoms with Crippen molar-refractivity contribution in [2.24, 2.45) is 5.73 Å². The van der Waals surface area contributed by atoms with Crippen molar-refractivity contribution in [2.45, 2.75) is 19.5 Å². The van der Waals surface area contributed by atoms with E-state index in [1.165, 1.54) is 5.56 Å². The number of nitriles is 1. The average Bonchev–Trinajstić information content (AvgIpc) is 3.08. The van der Waals surface area contributed by atoms with Gasteiger partial charge in [-0.25, -0.2) is 0 Å². The number of para-hydroxylation sites is 1. The number of carbonyl (C=O) groups is 2. The smallest absolute Gasteiger partial charge is 0.264 e. The standard InChI is InChI=1S/C23H20N4O2/c24-12-18(23(29)26-10-9-16-5-1-2-6-17(16)13-26)11-19-14-27(15-22(25)28)21-8-4-3-7-20(19)21/h1-8,11,14H,9-10,13,15H2,(H2,25,28). The Hall–Kier alpha value is -3.85. The third-order valence-electron chi connectivity index (χ3n) is 5.21. The first-order valence-electron chi connectivity index (χ1n) is 9.41. The molecule has 144 valence electrons. The third-order valence-corrected chi connectivity index (χ3v) is 5.21. The van der Waals surface area contributed by atoms with Gasteiger partial charge >= 0.3 is 0 Å². The quantitative estimate of drug-likeness (QED) is 0.554. The van der Waals surface area contributed by atoms with E-state index in [-0.39, 0.29) is 18.0 Å². The van der Waals surface area contributed by atoms with Crippen LogP contribution in [0.2, 0.25) is 0 Å². The van der Waals surface area contributed by atoms with Gasteiger partial charge in [-0.3, -0.25) is 9.59 Å². The Morgan fingerprint density at radius 2 is 1.83 bits per heavy atom. The van der Waals surface area contributed by atoms with Crippen molar-refractivity contribution in [2.75, 3.05) is 6.54 Å².